The Balaban J connectivity index is 2.20. The third-order valence-electron chi connectivity index (χ3n) is 7.60. The van der Waals surface area contributed by atoms with Crippen molar-refractivity contribution in [3.05, 3.63) is 35.4 Å². The summed E-state index contributed by atoms with van der Waals surface area (Å²) in [6, 6.07) is 6.36. The van der Waals surface area contributed by atoms with Crippen LogP contribution in [0.25, 0.3) is 0 Å². The molecule has 0 saturated carbocycles. The average molecular weight is 658 g/mol. The molecule has 1 saturated heterocycles. The van der Waals surface area contributed by atoms with Gasteiger partial charge in [-0.1, -0.05) is 38.1 Å². The fourth-order valence-corrected chi connectivity index (χ4v) is 5.97. The third kappa shape index (κ3) is 15.3. The van der Waals surface area contributed by atoms with E-state index >= 15 is 0 Å². The second kappa shape index (κ2) is 18.3. The number of aliphatic carboxylic acids is 3. The van der Waals surface area contributed by atoms with Gasteiger partial charge in [-0.2, -0.15) is 0 Å². The van der Waals surface area contributed by atoms with E-state index in [1.807, 2.05) is 24.3 Å². The van der Waals surface area contributed by atoms with Gasteiger partial charge in [0.1, 0.15) is 12.3 Å². The molecular weight excluding hydrogens is 609 g/mol. The van der Waals surface area contributed by atoms with Crippen molar-refractivity contribution in [1.82, 2.24) is 24.9 Å². The Morgan fingerprint density at radius 2 is 1.20 bits per heavy atom. The van der Waals surface area contributed by atoms with Gasteiger partial charge in [-0.3, -0.25) is 38.5 Å². The van der Waals surface area contributed by atoms with Crippen LogP contribution in [0, 0.1) is 5.92 Å². The van der Waals surface area contributed by atoms with E-state index in [1.165, 1.54) is 4.90 Å². The number of benzene rings is 1. The predicted octanol–water partition coefficient (Wildman–Crippen LogP) is 0.0840. The quantitative estimate of drug-likeness (QED) is 0.146. The summed E-state index contributed by atoms with van der Waals surface area (Å²) >= 11 is 0. The molecule has 0 bridgehead atoms. The highest BCUT2D eigenvalue weighted by molar-refractivity contribution is 7.51. The summed E-state index contributed by atoms with van der Waals surface area (Å²) in [7, 11) is -4.43. The highest BCUT2D eigenvalue weighted by Crippen LogP contribution is 2.34. The molecule has 1 aliphatic heterocycles. The molecule has 1 amide bonds. The van der Waals surface area contributed by atoms with Gasteiger partial charge in [-0.25, -0.2) is 4.79 Å². The molecular formula is C29H48N5O10P. The first-order valence-corrected chi connectivity index (χ1v) is 16.8. The predicted molar refractivity (Wildman–Crippen MR) is 166 cm³/mol. The molecule has 1 aromatic carbocycles. The van der Waals surface area contributed by atoms with Crippen LogP contribution in [0.2, 0.25) is 0 Å². The Bertz CT molecular complexity index is 1150. The monoisotopic (exact) mass is 657 g/mol. The van der Waals surface area contributed by atoms with Gasteiger partial charge >= 0.3 is 25.5 Å². The SMILES string of the molecule is CC(C)Cc1ccc(C(C)C(=O)N[C@@H](CN2CCN(CC(=O)O)CCN(CP(=O)(O)O)CCN(CC(=O)O)CC2)C(=O)O)cc1. The molecule has 254 valence electrons. The van der Waals surface area contributed by atoms with Crippen molar-refractivity contribution >= 4 is 31.4 Å². The van der Waals surface area contributed by atoms with Crippen molar-refractivity contribution in [2.24, 2.45) is 5.92 Å². The number of amides is 1. The second-order valence-corrected chi connectivity index (χ2v) is 13.6. The maximum Gasteiger partial charge on any atom is 0.339 e. The lowest BCUT2D eigenvalue weighted by atomic mass is 9.96. The van der Waals surface area contributed by atoms with Gasteiger partial charge in [-0.05, 0) is 30.4 Å². The van der Waals surface area contributed by atoms with E-state index < -0.39 is 49.7 Å². The van der Waals surface area contributed by atoms with E-state index in [4.69, 9.17) is 0 Å². The lowest BCUT2D eigenvalue weighted by molar-refractivity contribution is -0.142. The summed E-state index contributed by atoms with van der Waals surface area (Å²) in [5.74, 6) is -4.02. The number of hydrogen-bond acceptors (Lipinski definition) is 9. The smallest absolute Gasteiger partial charge is 0.339 e. The Kier molecular flexibility index (Phi) is 15.6. The fraction of sp³-hybridized carbons (Fsp3) is 0.655. The summed E-state index contributed by atoms with van der Waals surface area (Å²) in [5, 5.41) is 31.5. The van der Waals surface area contributed by atoms with Crippen LogP contribution in [-0.2, 0) is 30.2 Å². The van der Waals surface area contributed by atoms with Crippen molar-refractivity contribution in [1.29, 1.82) is 0 Å². The highest BCUT2D eigenvalue weighted by Gasteiger charge is 2.28. The molecule has 1 aromatic rings. The van der Waals surface area contributed by atoms with Gasteiger partial charge in [0.15, 0.2) is 0 Å². The zero-order valence-corrected chi connectivity index (χ0v) is 27.1. The average Bonchev–Trinajstić information content (AvgIpc) is 2.92. The topological polar surface area (TPSA) is 211 Å². The Labute approximate surface area is 263 Å². The standard InChI is InChI=1S/C29H48N5O10P/c1-21(2)16-23-4-6-24(7-5-23)22(3)28(39)30-25(29(40)41)17-31-8-10-32(18-26(35)36)12-14-34(20-45(42,43)44)15-13-33(11-9-31)19-27(37)38/h4-7,21-22,25H,8-20H2,1-3H3,(H,30,39)(H,35,36)(H,37,38)(H,40,41)(H2,42,43,44)/t22?,25-/m0/s1. The molecule has 1 aliphatic rings. The zero-order chi connectivity index (χ0) is 33.7. The van der Waals surface area contributed by atoms with E-state index in [0.29, 0.717) is 5.92 Å². The molecule has 15 nitrogen and oxygen atoms in total. The number of carbonyl (C=O) groups is 4. The van der Waals surface area contributed by atoms with Crippen LogP contribution in [-0.4, -0.2) is 153 Å². The van der Waals surface area contributed by atoms with Crippen LogP contribution in [0.3, 0.4) is 0 Å². The molecule has 1 unspecified atom stereocenters. The maximum atomic E-state index is 13.1. The van der Waals surface area contributed by atoms with Crippen LogP contribution in [0.4, 0.5) is 0 Å². The van der Waals surface area contributed by atoms with Crippen LogP contribution >= 0.6 is 7.60 Å². The molecule has 1 fully saturated rings. The molecule has 16 heteroatoms. The molecule has 2 rings (SSSR count). The van der Waals surface area contributed by atoms with E-state index in [0.717, 1.165) is 17.5 Å². The number of carboxylic acid groups (broad SMARTS) is 3. The van der Waals surface area contributed by atoms with Crippen molar-refractivity contribution in [3.63, 3.8) is 0 Å². The largest absolute Gasteiger partial charge is 0.480 e. The molecule has 1 heterocycles. The molecule has 0 aliphatic carbocycles. The Morgan fingerprint density at radius 3 is 1.60 bits per heavy atom. The Hall–Kier alpha value is -2.91. The van der Waals surface area contributed by atoms with Crippen molar-refractivity contribution in [3.8, 4) is 0 Å². The minimum atomic E-state index is -4.43. The van der Waals surface area contributed by atoms with E-state index in [9.17, 15) is 48.8 Å². The van der Waals surface area contributed by atoms with Crippen molar-refractivity contribution in [2.45, 2.75) is 39.2 Å². The molecule has 0 spiro atoms. The lowest BCUT2D eigenvalue weighted by Crippen LogP contribution is -2.53. The van der Waals surface area contributed by atoms with Crippen LogP contribution in [0.5, 0.6) is 0 Å². The molecule has 0 aromatic heterocycles. The number of nitrogens with one attached hydrogen (secondary N) is 1. The first kappa shape index (κ1) is 38.3. The minimum Gasteiger partial charge on any atom is -0.480 e. The summed E-state index contributed by atoms with van der Waals surface area (Å²) in [5.41, 5.74) is 1.89. The van der Waals surface area contributed by atoms with Gasteiger partial charge in [0.25, 0.3) is 0 Å². The van der Waals surface area contributed by atoms with Gasteiger partial charge in [-0.15, -0.1) is 0 Å². The summed E-state index contributed by atoms with van der Waals surface area (Å²) < 4.78 is 11.7. The van der Waals surface area contributed by atoms with Crippen LogP contribution in [0.1, 0.15) is 37.8 Å². The number of hydrogen-bond donors (Lipinski definition) is 6. The van der Waals surface area contributed by atoms with Crippen molar-refractivity contribution in [2.75, 3.05) is 78.3 Å². The van der Waals surface area contributed by atoms with Gasteiger partial charge in [0.05, 0.1) is 19.0 Å². The number of nitrogens with zero attached hydrogens (tertiary/aromatic N) is 4. The first-order chi connectivity index (χ1) is 21.0. The number of carbonyl (C=O) groups excluding carboxylic acids is 1. The Morgan fingerprint density at radius 1 is 0.756 bits per heavy atom. The number of rotatable bonds is 14. The number of carboxylic acids is 3. The molecule has 6 N–H and O–H groups in total. The van der Waals surface area contributed by atoms with Gasteiger partial charge in [0, 0.05) is 58.9 Å². The minimum absolute atomic E-state index is 0.104. The highest BCUT2D eigenvalue weighted by atomic mass is 31.2. The summed E-state index contributed by atoms with van der Waals surface area (Å²) in [4.78, 5) is 73.9. The normalized spacial score (nSPS) is 18.4. The first-order valence-electron chi connectivity index (χ1n) is 15.0. The lowest BCUT2D eigenvalue weighted by Gasteiger charge is -2.34. The zero-order valence-electron chi connectivity index (χ0n) is 26.2. The molecule has 45 heavy (non-hydrogen) atoms. The van der Waals surface area contributed by atoms with E-state index in [2.05, 4.69) is 19.2 Å². The third-order valence-corrected chi connectivity index (χ3v) is 8.37. The maximum absolute atomic E-state index is 13.1. The van der Waals surface area contributed by atoms with Crippen LogP contribution in [0.15, 0.2) is 24.3 Å². The second-order valence-electron chi connectivity index (χ2n) is 12.0. The van der Waals surface area contributed by atoms with Crippen molar-refractivity contribution < 1.29 is 48.8 Å². The summed E-state index contributed by atoms with van der Waals surface area (Å²) in [6.07, 6.45) is 0.346. The van der Waals surface area contributed by atoms with E-state index in [-0.39, 0.29) is 72.0 Å². The summed E-state index contributed by atoms with van der Waals surface area (Å²) in [6.45, 7) is 6.52. The van der Waals surface area contributed by atoms with Gasteiger partial charge in [0.2, 0.25) is 5.91 Å². The van der Waals surface area contributed by atoms with Crippen LogP contribution < -0.4 is 5.32 Å². The molecule has 0 radical (unpaired) electrons. The molecule has 2 atom stereocenters. The fourth-order valence-electron chi connectivity index (χ4n) is 5.17. The van der Waals surface area contributed by atoms with E-state index in [1.54, 1.807) is 21.6 Å². The van der Waals surface area contributed by atoms with Gasteiger partial charge < -0.3 is 30.4 Å².